The first kappa shape index (κ1) is 17.6. The monoisotopic (exact) mass is 364 g/mol. The number of methoxy groups -OCH3 is 1. The van der Waals surface area contributed by atoms with Crippen LogP contribution in [0.2, 0.25) is 0 Å². The number of hydrogen-bond acceptors (Lipinski definition) is 3. The number of hydrogen-bond donors (Lipinski definition) is 0. The molecule has 0 bridgehead atoms. The summed E-state index contributed by atoms with van der Waals surface area (Å²) in [4.78, 5) is 29.5. The van der Waals surface area contributed by atoms with Gasteiger partial charge in [0, 0.05) is 25.2 Å². The van der Waals surface area contributed by atoms with Crippen molar-refractivity contribution in [3.8, 4) is 5.75 Å². The van der Waals surface area contributed by atoms with Crippen molar-refractivity contribution in [2.45, 2.75) is 26.2 Å². The van der Waals surface area contributed by atoms with E-state index in [2.05, 4.69) is 6.07 Å². The van der Waals surface area contributed by atoms with Gasteiger partial charge in [0.05, 0.1) is 18.7 Å². The number of benzene rings is 2. The Kier molecular flexibility index (Phi) is 4.60. The minimum absolute atomic E-state index is 0.0254. The van der Waals surface area contributed by atoms with E-state index in [0.717, 1.165) is 29.8 Å². The maximum Gasteiger partial charge on any atom is 0.232 e. The highest BCUT2D eigenvalue weighted by Crippen LogP contribution is 2.36. The third-order valence-electron chi connectivity index (χ3n) is 5.48. The molecule has 1 fully saturated rings. The molecule has 0 N–H and O–H groups in total. The van der Waals surface area contributed by atoms with E-state index >= 15 is 0 Å². The first-order valence-corrected chi connectivity index (χ1v) is 9.43. The lowest BCUT2D eigenvalue weighted by molar-refractivity contribution is -0.124. The van der Waals surface area contributed by atoms with Crippen LogP contribution in [-0.2, 0) is 16.0 Å². The second-order valence-electron chi connectivity index (χ2n) is 7.30. The molecule has 0 unspecified atom stereocenters. The number of nitrogens with zero attached hydrogens (tertiary/aromatic N) is 2. The van der Waals surface area contributed by atoms with Crippen LogP contribution in [0.3, 0.4) is 0 Å². The van der Waals surface area contributed by atoms with E-state index < -0.39 is 0 Å². The second-order valence-corrected chi connectivity index (χ2v) is 7.30. The van der Waals surface area contributed by atoms with Gasteiger partial charge in [-0.15, -0.1) is 0 Å². The molecule has 0 spiro atoms. The number of ether oxygens (including phenoxy) is 1. The molecule has 2 aromatic rings. The highest BCUT2D eigenvalue weighted by atomic mass is 16.5. The molecule has 5 heteroatoms. The number of anilines is 2. The molecule has 2 aromatic carbocycles. The second kappa shape index (κ2) is 7.06. The van der Waals surface area contributed by atoms with Crippen LogP contribution in [0.15, 0.2) is 42.5 Å². The summed E-state index contributed by atoms with van der Waals surface area (Å²) in [5.74, 6) is 0.353. The Balaban J connectivity index is 1.58. The molecule has 27 heavy (non-hydrogen) atoms. The molecule has 0 radical (unpaired) electrons. The Morgan fingerprint density at radius 3 is 2.78 bits per heavy atom. The summed E-state index contributed by atoms with van der Waals surface area (Å²) in [6.45, 7) is 3.10. The number of fused-ring (bicyclic) bond motifs is 1. The van der Waals surface area contributed by atoms with Crippen LogP contribution in [0.1, 0.15) is 24.0 Å². The first-order valence-electron chi connectivity index (χ1n) is 9.43. The summed E-state index contributed by atoms with van der Waals surface area (Å²) < 4.78 is 5.43. The molecule has 0 aromatic heterocycles. The van der Waals surface area contributed by atoms with Gasteiger partial charge in [-0.1, -0.05) is 24.3 Å². The zero-order valence-corrected chi connectivity index (χ0v) is 15.8. The predicted molar refractivity (Wildman–Crippen MR) is 105 cm³/mol. The topological polar surface area (TPSA) is 49.9 Å². The zero-order chi connectivity index (χ0) is 19.0. The van der Waals surface area contributed by atoms with E-state index in [1.165, 1.54) is 5.56 Å². The number of carbonyl (C=O) groups excluding carboxylic acids is 2. The van der Waals surface area contributed by atoms with Crippen molar-refractivity contribution in [1.29, 1.82) is 0 Å². The summed E-state index contributed by atoms with van der Waals surface area (Å²) in [6, 6.07) is 13.8. The quantitative estimate of drug-likeness (QED) is 0.839. The molecular formula is C22H24N2O3. The lowest BCUT2D eigenvalue weighted by Crippen LogP contribution is -2.40. The van der Waals surface area contributed by atoms with E-state index in [-0.39, 0.29) is 24.2 Å². The largest absolute Gasteiger partial charge is 0.495 e. The maximum absolute atomic E-state index is 13.2. The van der Waals surface area contributed by atoms with Crippen LogP contribution in [-0.4, -0.2) is 32.0 Å². The Morgan fingerprint density at radius 1 is 1.15 bits per heavy atom. The van der Waals surface area contributed by atoms with Gasteiger partial charge in [-0.2, -0.15) is 0 Å². The summed E-state index contributed by atoms with van der Waals surface area (Å²) in [5.41, 5.74) is 4.00. The summed E-state index contributed by atoms with van der Waals surface area (Å²) >= 11 is 0. The van der Waals surface area contributed by atoms with Crippen LogP contribution < -0.4 is 14.5 Å². The van der Waals surface area contributed by atoms with Crippen molar-refractivity contribution in [3.63, 3.8) is 0 Å². The Bertz CT molecular complexity index is 893. The minimum Gasteiger partial charge on any atom is -0.495 e. The van der Waals surface area contributed by atoms with E-state index in [0.29, 0.717) is 18.8 Å². The number of amides is 2. The average molecular weight is 364 g/mol. The molecule has 140 valence electrons. The summed E-state index contributed by atoms with van der Waals surface area (Å²) in [5, 5.41) is 0. The van der Waals surface area contributed by atoms with Crippen molar-refractivity contribution in [2.75, 3.05) is 30.0 Å². The molecule has 2 amide bonds. The Morgan fingerprint density at radius 2 is 1.96 bits per heavy atom. The van der Waals surface area contributed by atoms with Gasteiger partial charge in [0.25, 0.3) is 0 Å². The fraction of sp³-hybridized carbons (Fsp3) is 0.364. The fourth-order valence-corrected chi connectivity index (χ4v) is 4.10. The number of para-hydroxylation sites is 1. The average Bonchev–Trinajstić information content (AvgIpc) is 3.08. The van der Waals surface area contributed by atoms with E-state index in [1.807, 2.05) is 48.2 Å². The molecule has 2 aliphatic heterocycles. The normalized spacial score (nSPS) is 19.2. The van der Waals surface area contributed by atoms with Crippen LogP contribution >= 0.6 is 0 Å². The van der Waals surface area contributed by atoms with Crippen molar-refractivity contribution < 1.29 is 14.3 Å². The molecule has 2 heterocycles. The van der Waals surface area contributed by atoms with Gasteiger partial charge in [-0.3, -0.25) is 9.59 Å². The lowest BCUT2D eigenvalue weighted by Gasteiger charge is -2.31. The van der Waals surface area contributed by atoms with Crippen molar-refractivity contribution in [1.82, 2.24) is 0 Å². The van der Waals surface area contributed by atoms with Gasteiger partial charge < -0.3 is 14.5 Å². The van der Waals surface area contributed by atoms with Crippen molar-refractivity contribution in [2.24, 2.45) is 5.92 Å². The molecule has 0 aliphatic carbocycles. The number of carbonyl (C=O) groups is 2. The summed E-state index contributed by atoms with van der Waals surface area (Å²) in [6.07, 6.45) is 2.20. The predicted octanol–water partition coefficient (Wildman–Crippen LogP) is 3.34. The molecular weight excluding hydrogens is 340 g/mol. The Labute approximate surface area is 159 Å². The zero-order valence-electron chi connectivity index (χ0n) is 15.8. The number of aryl methyl sites for hydroxylation is 2. The lowest BCUT2D eigenvalue weighted by atomic mass is 9.99. The molecule has 1 atom stereocenters. The third kappa shape index (κ3) is 3.18. The molecule has 4 rings (SSSR count). The van der Waals surface area contributed by atoms with Crippen LogP contribution in [0.25, 0.3) is 0 Å². The third-order valence-corrected chi connectivity index (χ3v) is 5.48. The van der Waals surface area contributed by atoms with Crippen LogP contribution in [0.4, 0.5) is 11.4 Å². The molecule has 1 saturated heterocycles. The smallest absolute Gasteiger partial charge is 0.232 e. The highest BCUT2D eigenvalue weighted by molar-refractivity contribution is 6.05. The minimum atomic E-state index is -0.325. The maximum atomic E-state index is 13.2. The van der Waals surface area contributed by atoms with E-state index in [9.17, 15) is 9.59 Å². The summed E-state index contributed by atoms with van der Waals surface area (Å²) in [7, 11) is 1.60. The van der Waals surface area contributed by atoms with Gasteiger partial charge in [0.2, 0.25) is 11.8 Å². The molecule has 5 nitrogen and oxygen atoms in total. The van der Waals surface area contributed by atoms with Crippen molar-refractivity contribution >= 4 is 23.2 Å². The highest BCUT2D eigenvalue weighted by Gasteiger charge is 2.39. The van der Waals surface area contributed by atoms with Gasteiger partial charge in [0.1, 0.15) is 5.75 Å². The molecule has 0 saturated carbocycles. The van der Waals surface area contributed by atoms with Gasteiger partial charge in [-0.05, 0) is 49.1 Å². The standard InChI is InChI=1S/C22H24N2O3/c1-15-9-10-20(27-2)19(12-15)24-14-17(13-21(24)25)22(26)23-11-5-7-16-6-3-4-8-18(16)23/h3-4,6,8-10,12,17H,5,7,11,13-14H2,1-2H3/t17-/m1/s1. The fourth-order valence-electron chi connectivity index (χ4n) is 4.10. The SMILES string of the molecule is COc1ccc(C)cc1N1C[C@H](C(=O)N2CCCc3ccccc32)CC1=O. The van der Waals surface area contributed by atoms with Crippen molar-refractivity contribution in [3.05, 3.63) is 53.6 Å². The van der Waals surface area contributed by atoms with Gasteiger partial charge in [0.15, 0.2) is 0 Å². The molecule has 2 aliphatic rings. The van der Waals surface area contributed by atoms with E-state index in [1.54, 1.807) is 12.0 Å². The van der Waals surface area contributed by atoms with Gasteiger partial charge in [-0.25, -0.2) is 0 Å². The number of rotatable bonds is 3. The Hall–Kier alpha value is -2.82. The van der Waals surface area contributed by atoms with Crippen LogP contribution in [0, 0.1) is 12.8 Å². The van der Waals surface area contributed by atoms with Crippen LogP contribution in [0.5, 0.6) is 5.75 Å². The van der Waals surface area contributed by atoms with Gasteiger partial charge >= 0.3 is 0 Å². The first-order chi connectivity index (χ1) is 13.1. The van der Waals surface area contributed by atoms with E-state index in [4.69, 9.17) is 4.74 Å².